The maximum atomic E-state index is 15.2. The number of aromatic hydroxyl groups is 1. The zero-order valence-corrected chi connectivity index (χ0v) is 39.8. The van der Waals surface area contributed by atoms with Crippen LogP contribution < -0.4 is 24.3 Å². The van der Waals surface area contributed by atoms with Gasteiger partial charge in [0.05, 0.1) is 45.4 Å². The number of phenolic OH excluding ortho intramolecular Hbond substituents is 1. The van der Waals surface area contributed by atoms with Gasteiger partial charge in [0, 0.05) is 45.0 Å². The first-order chi connectivity index (χ1) is 33.4. The Hall–Kier alpha value is -6.31. The molecule has 0 unspecified atom stereocenters. The summed E-state index contributed by atoms with van der Waals surface area (Å²) in [5.74, 6) is -0.379. The van der Waals surface area contributed by atoms with Gasteiger partial charge in [-0.3, -0.25) is 9.89 Å². The van der Waals surface area contributed by atoms with E-state index in [1.807, 2.05) is 30.3 Å². The number of fused-ring (bicyclic) bond motifs is 8. The van der Waals surface area contributed by atoms with Crippen LogP contribution in [0.1, 0.15) is 43.2 Å². The second kappa shape index (κ2) is 20.7. The molecule has 0 aliphatic carbocycles. The molecule has 360 valence electrons. The number of aromatic nitrogens is 2. The highest BCUT2D eigenvalue weighted by Gasteiger charge is 2.28. The fraction of sp³-hybridized carbons (Fsp3) is 0.320. The normalized spacial score (nSPS) is 15.2. The lowest BCUT2D eigenvalue weighted by Crippen LogP contribution is -2.36. The van der Waals surface area contributed by atoms with Crippen molar-refractivity contribution in [1.29, 1.82) is 0 Å². The Labute approximate surface area is 405 Å². The number of piperidine rings is 1. The van der Waals surface area contributed by atoms with Crippen molar-refractivity contribution < 1.29 is 51.3 Å². The van der Waals surface area contributed by atoms with Crippen LogP contribution >= 0.6 is 22.9 Å². The molecule has 19 heteroatoms. The first-order valence-electron chi connectivity index (χ1n) is 22.5. The molecule has 0 saturated carbocycles. The molecule has 1 atom stereocenters. The second-order valence-electron chi connectivity index (χ2n) is 17.0. The first kappa shape index (κ1) is 47.7. The standard InChI is InChI=1S/C50H49ClFN5O10S2/c1-64-37-12-5-3-10-32(37)47-53-20-17-31(56-47)27-66-36-11-4-2-9-30(36)26-39(50(59)60)67-48-43-42-33-14-16-38(65-24-23-57-21-18-29(19-22-57)8-6-7-25-69(61,62)63)44(51)40(33)41-34(13-15-35(52)45(41)58)46(42)68-49(43)55-28-54-48/h2-5,9-17,28-29,39,58H,6-8,18-27H2,1H3,(H,53,56)(H,59,60)(H,61,62,63)/p-1/t39-/m1/s1. The number of carboxylic acid groups (broad SMARTS) is 1. The van der Waals surface area contributed by atoms with E-state index in [0.717, 1.165) is 43.6 Å². The Kier molecular flexibility index (Phi) is 14.3. The Morgan fingerprint density at radius 1 is 0.957 bits per heavy atom. The highest BCUT2D eigenvalue weighted by molar-refractivity contribution is 7.85. The first-order valence-corrected chi connectivity index (χ1v) is 25.3. The molecule has 9 rings (SSSR count). The van der Waals surface area contributed by atoms with E-state index in [0.29, 0.717) is 104 Å². The summed E-state index contributed by atoms with van der Waals surface area (Å²) in [5.41, 5.74) is 2.16. The minimum absolute atomic E-state index is 0.0133. The number of para-hydroxylation sites is 2. The number of aliphatic carboxylic acids is 1. The number of unbranched alkanes of at least 4 members (excludes halogenated alkanes) is 1. The van der Waals surface area contributed by atoms with Gasteiger partial charge in [-0.25, -0.2) is 27.6 Å². The number of benzene rings is 5. The van der Waals surface area contributed by atoms with Crippen molar-refractivity contribution in [2.45, 2.75) is 44.6 Å². The number of halogens is 2. The van der Waals surface area contributed by atoms with E-state index in [-0.39, 0.29) is 35.1 Å². The van der Waals surface area contributed by atoms with Gasteiger partial charge in [-0.2, -0.15) is 0 Å². The molecule has 3 N–H and O–H groups in total. The molecule has 0 amide bonds. The number of methoxy groups -OCH3 is 1. The SMILES string of the molecule is COc1ccccc1C1=NCC=C(COc2ccccc2C[C@@H](Oc2ncnc3sc4c5ccc(F)c(O)c5c5c(Cl)c(OCCN6CCC(CCCCS(=O)(=O)[O-])CC6)ccc5c4c23)C(=O)O)N1. The van der Waals surface area contributed by atoms with Crippen molar-refractivity contribution in [1.82, 2.24) is 20.2 Å². The number of nitrogens with zero attached hydrogens (tertiary/aromatic N) is 4. The van der Waals surface area contributed by atoms with E-state index in [1.165, 1.54) is 23.7 Å². The van der Waals surface area contributed by atoms with E-state index < -0.39 is 33.8 Å². The van der Waals surface area contributed by atoms with Crippen LogP contribution in [0.4, 0.5) is 4.39 Å². The number of carbonyl (C=O) groups is 1. The topological polar surface area (TPSA) is 205 Å². The van der Waals surface area contributed by atoms with Crippen LogP contribution in [0.5, 0.6) is 28.9 Å². The summed E-state index contributed by atoms with van der Waals surface area (Å²) in [6, 6.07) is 21.0. The van der Waals surface area contributed by atoms with Crippen LogP contribution in [0.2, 0.25) is 5.02 Å². The molecule has 0 radical (unpaired) electrons. The van der Waals surface area contributed by atoms with Gasteiger partial charge in [0.15, 0.2) is 11.6 Å². The van der Waals surface area contributed by atoms with Crippen LogP contribution in [0.25, 0.3) is 41.8 Å². The lowest BCUT2D eigenvalue weighted by molar-refractivity contribution is -0.145. The van der Waals surface area contributed by atoms with Gasteiger partial charge in [-0.05, 0) is 97.8 Å². The summed E-state index contributed by atoms with van der Waals surface area (Å²) >= 11 is 8.46. The Bertz CT molecular complexity index is 3250. The molecule has 1 fully saturated rings. The summed E-state index contributed by atoms with van der Waals surface area (Å²) < 4.78 is 73.2. The van der Waals surface area contributed by atoms with Crippen molar-refractivity contribution in [3.05, 3.63) is 113 Å². The van der Waals surface area contributed by atoms with Crippen LogP contribution in [-0.2, 0) is 21.3 Å². The number of carboxylic acids is 1. The number of aliphatic imine (C=N–C) groups is 1. The van der Waals surface area contributed by atoms with Crippen LogP contribution in [-0.4, -0.2) is 108 Å². The van der Waals surface area contributed by atoms with Crippen molar-refractivity contribution >= 4 is 86.7 Å². The monoisotopic (exact) mass is 996 g/mol. The number of nitrogens with one attached hydrogen (secondary N) is 1. The summed E-state index contributed by atoms with van der Waals surface area (Å²) in [7, 11) is -2.59. The van der Waals surface area contributed by atoms with E-state index in [2.05, 4.69) is 25.2 Å². The maximum Gasteiger partial charge on any atom is 0.345 e. The smallest absolute Gasteiger partial charge is 0.345 e. The number of likely N-dealkylation sites (tertiary alicyclic amines) is 1. The number of ether oxygens (including phenoxy) is 4. The van der Waals surface area contributed by atoms with Gasteiger partial charge in [-0.1, -0.05) is 54.8 Å². The number of rotatable bonds is 19. The van der Waals surface area contributed by atoms with Gasteiger partial charge in [0.2, 0.25) is 12.0 Å². The summed E-state index contributed by atoms with van der Waals surface area (Å²) in [5, 5.41) is 28.0. The zero-order chi connectivity index (χ0) is 48.2. The minimum atomic E-state index is -4.19. The highest BCUT2D eigenvalue weighted by Crippen LogP contribution is 2.51. The third-order valence-electron chi connectivity index (χ3n) is 12.6. The average molecular weight is 998 g/mol. The number of hydrogen-bond acceptors (Lipinski definition) is 15. The van der Waals surface area contributed by atoms with Gasteiger partial charge >= 0.3 is 5.97 Å². The van der Waals surface area contributed by atoms with Crippen LogP contribution in [0.15, 0.2) is 95.9 Å². The maximum absolute atomic E-state index is 15.2. The summed E-state index contributed by atoms with van der Waals surface area (Å²) in [6.07, 6.45) is 5.57. The predicted octanol–water partition coefficient (Wildman–Crippen LogP) is 8.85. The van der Waals surface area contributed by atoms with E-state index in [9.17, 15) is 28.0 Å². The molecule has 4 heterocycles. The molecule has 0 bridgehead atoms. The average Bonchev–Trinajstić information content (AvgIpc) is 3.75. The summed E-state index contributed by atoms with van der Waals surface area (Å²) in [6.45, 7) is 3.17. The second-order valence-corrected chi connectivity index (χ2v) is 19.9. The van der Waals surface area contributed by atoms with Crippen molar-refractivity contribution in [3.63, 3.8) is 0 Å². The van der Waals surface area contributed by atoms with Crippen molar-refractivity contribution in [3.8, 4) is 28.9 Å². The molecule has 7 aromatic rings. The van der Waals surface area contributed by atoms with Crippen LogP contribution in [0.3, 0.4) is 0 Å². The largest absolute Gasteiger partial charge is 0.748 e. The number of amidine groups is 1. The lowest BCUT2D eigenvalue weighted by atomic mass is 9.92. The van der Waals surface area contributed by atoms with E-state index in [4.69, 9.17) is 30.5 Å². The molecule has 2 aromatic heterocycles. The van der Waals surface area contributed by atoms with Crippen LogP contribution in [0, 0.1) is 11.7 Å². The Morgan fingerprint density at radius 2 is 1.72 bits per heavy atom. The molecule has 15 nitrogen and oxygen atoms in total. The van der Waals surface area contributed by atoms with E-state index in [1.54, 1.807) is 49.6 Å². The van der Waals surface area contributed by atoms with Crippen molar-refractivity contribution in [2.75, 3.05) is 52.3 Å². The molecule has 2 aliphatic rings. The molecule has 0 spiro atoms. The molecule has 5 aromatic carbocycles. The quantitative estimate of drug-likeness (QED) is 0.0394. The fourth-order valence-corrected chi connectivity index (χ4v) is 11.2. The molecule has 69 heavy (non-hydrogen) atoms. The molecular weight excluding hydrogens is 949 g/mol. The zero-order valence-electron chi connectivity index (χ0n) is 37.5. The Balaban J connectivity index is 0.955. The molecule has 2 aliphatic heterocycles. The molecule has 1 saturated heterocycles. The third-order valence-corrected chi connectivity index (χ3v) is 14.9. The number of phenols is 1. The number of hydrogen-bond donors (Lipinski definition) is 3. The van der Waals surface area contributed by atoms with E-state index >= 15 is 4.39 Å². The highest BCUT2D eigenvalue weighted by atomic mass is 35.5. The van der Waals surface area contributed by atoms with Crippen molar-refractivity contribution in [2.24, 2.45) is 10.9 Å². The van der Waals surface area contributed by atoms with Gasteiger partial charge in [0.1, 0.15) is 47.5 Å². The minimum Gasteiger partial charge on any atom is -0.748 e. The fourth-order valence-electron chi connectivity index (χ4n) is 9.13. The Morgan fingerprint density at radius 3 is 2.51 bits per heavy atom. The predicted molar refractivity (Wildman–Crippen MR) is 263 cm³/mol. The third kappa shape index (κ3) is 10.5. The lowest BCUT2D eigenvalue weighted by Gasteiger charge is -2.32. The van der Waals surface area contributed by atoms with Gasteiger partial charge < -0.3 is 39.0 Å². The molecular formula is C50H48ClFN5O10S2-. The van der Waals surface area contributed by atoms with Gasteiger partial charge in [0.25, 0.3) is 0 Å². The number of thiophene rings is 1. The summed E-state index contributed by atoms with van der Waals surface area (Å²) in [4.78, 5) is 29.4. The van der Waals surface area contributed by atoms with Gasteiger partial charge in [-0.15, -0.1) is 11.3 Å².